The van der Waals surface area contributed by atoms with Gasteiger partial charge in [-0.1, -0.05) is 57.7 Å². The number of carboxylic acids is 1. The van der Waals surface area contributed by atoms with E-state index in [4.69, 9.17) is 10.1 Å². The van der Waals surface area contributed by atoms with Crippen LogP contribution < -0.4 is 15.1 Å². The van der Waals surface area contributed by atoms with Gasteiger partial charge in [0.15, 0.2) is 5.82 Å². The highest BCUT2D eigenvalue weighted by molar-refractivity contribution is 6.14. The van der Waals surface area contributed by atoms with Crippen molar-refractivity contribution in [3.8, 4) is 0 Å². The molecule has 1 saturated carbocycles. The molecule has 1 aromatic carbocycles. The van der Waals surface area contributed by atoms with Gasteiger partial charge in [0.05, 0.1) is 30.4 Å². The van der Waals surface area contributed by atoms with Crippen molar-refractivity contribution in [1.82, 2.24) is 4.98 Å². The molecule has 0 bridgehead atoms. The summed E-state index contributed by atoms with van der Waals surface area (Å²) >= 11 is 0. The quantitative estimate of drug-likeness (QED) is 0.526. The number of amidine groups is 1. The van der Waals surface area contributed by atoms with Crippen LogP contribution in [0.3, 0.4) is 0 Å². The average molecular weight is 490 g/mol. The summed E-state index contributed by atoms with van der Waals surface area (Å²) in [6.45, 7) is 10.9. The minimum absolute atomic E-state index is 0.0210. The Labute approximate surface area is 212 Å². The van der Waals surface area contributed by atoms with Crippen molar-refractivity contribution in [2.24, 2.45) is 16.3 Å². The van der Waals surface area contributed by atoms with Gasteiger partial charge in [0, 0.05) is 13.0 Å². The van der Waals surface area contributed by atoms with E-state index in [-0.39, 0.29) is 36.2 Å². The number of nitrogens with zero attached hydrogens (tertiary/aromatic N) is 4. The first-order valence-corrected chi connectivity index (χ1v) is 12.5. The number of pyridine rings is 1. The number of fused-ring (bicyclic) bond motifs is 1. The number of hydrogen-bond donors (Lipinski definition) is 2. The summed E-state index contributed by atoms with van der Waals surface area (Å²) in [7, 11) is 1.78. The zero-order valence-corrected chi connectivity index (χ0v) is 21.5. The van der Waals surface area contributed by atoms with Crippen molar-refractivity contribution >= 4 is 35.0 Å². The summed E-state index contributed by atoms with van der Waals surface area (Å²) in [6, 6.07) is 13.8. The van der Waals surface area contributed by atoms with Crippen molar-refractivity contribution in [2.45, 2.75) is 52.5 Å². The van der Waals surface area contributed by atoms with Gasteiger partial charge in [0.25, 0.3) is 0 Å². The molecule has 36 heavy (non-hydrogen) atoms. The molecule has 0 spiro atoms. The van der Waals surface area contributed by atoms with E-state index in [1.54, 1.807) is 11.9 Å². The highest BCUT2D eigenvalue weighted by atomic mass is 16.4. The summed E-state index contributed by atoms with van der Waals surface area (Å²) in [4.78, 5) is 37.3. The highest BCUT2D eigenvalue weighted by Gasteiger charge is 2.42. The number of anilines is 3. The normalized spacial score (nSPS) is 18.7. The first-order chi connectivity index (χ1) is 17.1. The van der Waals surface area contributed by atoms with E-state index < -0.39 is 5.97 Å². The first-order valence-electron chi connectivity index (χ1n) is 12.5. The Hall–Kier alpha value is -3.68. The maximum Gasteiger partial charge on any atom is 0.305 e. The lowest BCUT2D eigenvalue weighted by atomic mass is 9.64. The molecule has 1 atom stereocenters. The van der Waals surface area contributed by atoms with Crippen LogP contribution in [-0.4, -0.2) is 41.4 Å². The second-order valence-corrected chi connectivity index (χ2v) is 10.4. The van der Waals surface area contributed by atoms with Crippen LogP contribution in [0.1, 0.15) is 58.1 Å². The third kappa shape index (κ3) is 5.12. The van der Waals surface area contributed by atoms with Crippen molar-refractivity contribution in [3.05, 3.63) is 60.3 Å². The monoisotopic (exact) mass is 489 g/mol. The fourth-order valence-corrected chi connectivity index (χ4v) is 5.16. The molecule has 2 N–H and O–H groups in total. The van der Waals surface area contributed by atoms with Crippen LogP contribution in [0.4, 0.5) is 17.3 Å². The Morgan fingerprint density at radius 1 is 1.25 bits per heavy atom. The number of aromatic nitrogens is 1. The second kappa shape index (κ2) is 10.1. The molecule has 0 radical (unpaired) electrons. The zero-order valence-electron chi connectivity index (χ0n) is 21.5. The predicted octanol–water partition coefficient (Wildman–Crippen LogP) is 5.25. The number of hydrogen-bond acceptors (Lipinski definition) is 5. The predicted molar refractivity (Wildman–Crippen MR) is 143 cm³/mol. The number of nitrogens with one attached hydrogen (secondary N) is 1. The van der Waals surface area contributed by atoms with Crippen molar-refractivity contribution in [2.75, 3.05) is 28.7 Å². The topological polar surface area (TPSA) is 98.1 Å². The van der Waals surface area contributed by atoms with Crippen molar-refractivity contribution < 1.29 is 14.7 Å². The van der Waals surface area contributed by atoms with Gasteiger partial charge in [0.1, 0.15) is 11.7 Å². The molecule has 1 unspecified atom stereocenters. The van der Waals surface area contributed by atoms with E-state index in [0.717, 1.165) is 30.5 Å². The summed E-state index contributed by atoms with van der Waals surface area (Å²) in [5, 5.41) is 12.3. The lowest BCUT2D eigenvalue weighted by Gasteiger charge is -2.43. The molecular weight excluding hydrogens is 454 g/mol. The number of aliphatic carboxylic acids is 1. The Bertz CT molecular complexity index is 1180. The molecule has 190 valence electrons. The highest BCUT2D eigenvalue weighted by Crippen LogP contribution is 2.46. The maximum atomic E-state index is 13.1. The Balaban J connectivity index is 1.71. The van der Waals surface area contributed by atoms with Gasteiger partial charge in [-0.2, -0.15) is 0 Å². The van der Waals surface area contributed by atoms with Crippen LogP contribution >= 0.6 is 0 Å². The molecule has 1 aliphatic carbocycles. The Kier molecular flexibility index (Phi) is 7.15. The van der Waals surface area contributed by atoms with E-state index in [0.29, 0.717) is 23.2 Å². The van der Waals surface area contributed by atoms with E-state index >= 15 is 0 Å². The fraction of sp³-hybridized carbons (Fsp3) is 0.429. The van der Waals surface area contributed by atoms with Gasteiger partial charge >= 0.3 is 5.97 Å². The molecule has 2 heterocycles. The SMILES string of the molecule is C=C1C(=NCCC(=O)O)Nc2ccc(N(C)C(=O)C3CC(C)(C)C3)nc2N1C(CC)c1ccccc1. The molecule has 2 aliphatic rings. The third-order valence-corrected chi connectivity index (χ3v) is 7.01. The molecule has 0 saturated heterocycles. The van der Waals surface area contributed by atoms with Gasteiger partial charge in [0.2, 0.25) is 5.91 Å². The summed E-state index contributed by atoms with van der Waals surface area (Å²) in [5.41, 5.74) is 2.67. The lowest BCUT2D eigenvalue weighted by Crippen LogP contribution is -2.44. The zero-order chi connectivity index (χ0) is 26.0. The number of amides is 1. The number of carboxylic acid groups (broad SMARTS) is 1. The molecule has 8 nitrogen and oxygen atoms in total. The van der Waals surface area contributed by atoms with Crippen LogP contribution in [0.5, 0.6) is 0 Å². The number of rotatable bonds is 8. The molecule has 1 aliphatic heterocycles. The fourth-order valence-electron chi connectivity index (χ4n) is 5.16. The van der Waals surface area contributed by atoms with Crippen LogP contribution in [0, 0.1) is 11.3 Å². The van der Waals surface area contributed by atoms with Crippen molar-refractivity contribution in [3.63, 3.8) is 0 Å². The standard InChI is InChI=1S/C28H35N5O3/c1-6-22(19-10-8-7-9-11-19)33-18(2)25(29-15-14-24(34)35)30-21-12-13-23(31-26(21)33)32(5)27(36)20-16-28(3,4)17-20/h7-13,20,22H,2,6,14-17H2,1,3-5H3,(H,29,30)(H,34,35). The summed E-state index contributed by atoms with van der Waals surface area (Å²) in [5.74, 6) is 0.974. The van der Waals surface area contributed by atoms with Crippen molar-refractivity contribution in [1.29, 1.82) is 0 Å². The van der Waals surface area contributed by atoms with Gasteiger partial charge < -0.3 is 15.3 Å². The van der Waals surface area contributed by atoms with Gasteiger partial charge in [-0.15, -0.1) is 0 Å². The van der Waals surface area contributed by atoms with Gasteiger partial charge in [-0.3, -0.25) is 19.5 Å². The largest absolute Gasteiger partial charge is 0.481 e. The molecule has 1 amide bonds. The molecule has 1 aromatic heterocycles. The van der Waals surface area contributed by atoms with Crippen LogP contribution in [-0.2, 0) is 9.59 Å². The van der Waals surface area contributed by atoms with Gasteiger partial charge in [-0.25, -0.2) is 4.98 Å². The maximum absolute atomic E-state index is 13.1. The average Bonchev–Trinajstić information content (AvgIpc) is 2.84. The van der Waals surface area contributed by atoms with E-state index in [1.165, 1.54) is 0 Å². The lowest BCUT2D eigenvalue weighted by molar-refractivity contribution is -0.136. The smallest absolute Gasteiger partial charge is 0.305 e. The first kappa shape index (κ1) is 25.4. The molecule has 8 heteroatoms. The van der Waals surface area contributed by atoms with Crippen LogP contribution in [0.2, 0.25) is 0 Å². The molecule has 4 rings (SSSR count). The molecular formula is C28H35N5O3. The Morgan fingerprint density at radius 2 is 1.94 bits per heavy atom. The summed E-state index contributed by atoms with van der Waals surface area (Å²) < 4.78 is 0. The number of carbonyl (C=O) groups excluding carboxylic acids is 1. The number of aliphatic imine (C=N–C) groups is 1. The van der Waals surface area contributed by atoms with Crippen LogP contribution in [0.15, 0.2) is 59.7 Å². The Morgan fingerprint density at radius 3 is 2.56 bits per heavy atom. The van der Waals surface area contributed by atoms with Gasteiger partial charge in [-0.05, 0) is 42.4 Å². The molecule has 1 fully saturated rings. The van der Waals surface area contributed by atoms with E-state index in [2.05, 4.69) is 54.7 Å². The minimum Gasteiger partial charge on any atom is -0.481 e. The second-order valence-electron chi connectivity index (χ2n) is 10.4. The molecule has 2 aromatic rings. The van der Waals surface area contributed by atoms with Crippen LogP contribution in [0.25, 0.3) is 0 Å². The number of benzene rings is 1. The van der Waals surface area contributed by atoms with E-state index in [9.17, 15) is 9.59 Å². The van der Waals surface area contributed by atoms with E-state index in [1.807, 2.05) is 30.3 Å². The summed E-state index contributed by atoms with van der Waals surface area (Å²) in [6.07, 6.45) is 2.48. The third-order valence-electron chi connectivity index (χ3n) is 7.01. The minimum atomic E-state index is -0.900. The number of carbonyl (C=O) groups is 2.